The molecular weight excluding hydrogens is 582 g/mol. The van der Waals surface area contributed by atoms with Gasteiger partial charge in [0.25, 0.3) is 17.5 Å². The van der Waals surface area contributed by atoms with Crippen LogP contribution in [0.25, 0.3) is 6.08 Å². The summed E-state index contributed by atoms with van der Waals surface area (Å²) in [6, 6.07) is 18.0. The van der Waals surface area contributed by atoms with Crippen LogP contribution >= 0.6 is 39.9 Å². The summed E-state index contributed by atoms with van der Waals surface area (Å²) in [5.41, 5.74) is 1.50. The highest BCUT2D eigenvalue weighted by molar-refractivity contribution is 9.10. The van der Waals surface area contributed by atoms with Gasteiger partial charge in [-0.1, -0.05) is 58.1 Å². The molecule has 0 spiro atoms. The van der Waals surface area contributed by atoms with Crippen LogP contribution in [0.15, 0.2) is 76.1 Å². The molecule has 0 atom stereocenters. The predicted octanol–water partition coefficient (Wildman–Crippen LogP) is 5.79. The molecular formula is C25H18BrN3O6S2. The molecule has 9 nitrogen and oxygen atoms in total. The van der Waals surface area contributed by atoms with E-state index in [2.05, 4.69) is 21.2 Å². The molecule has 1 aliphatic heterocycles. The molecule has 1 heterocycles. The fourth-order valence-electron chi connectivity index (χ4n) is 3.39. The van der Waals surface area contributed by atoms with Crippen molar-refractivity contribution < 1.29 is 24.0 Å². The van der Waals surface area contributed by atoms with Crippen LogP contribution in [-0.2, 0) is 9.59 Å². The van der Waals surface area contributed by atoms with Gasteiger partial charge in [-0.25, -0.2) is 0 Å². The maximum absolute atomic E-state index is 13.0. The van der Waals surface area contributed by atoms with Crippen molar-refractivity contribution in [3.05, 3.63) is 91.8 Å². The standard InChI is InChI=1S/C25H18BrN3O6S2/c1-34-21-10-15(11-22-24(31)28(25(36)37-22)18-6-2-4-16(26)12-18)8-9-20(21)35-14-23(30)27-17-5-3-7-19(13-17)29(32)33/h2-13H,14H2,1H3,(H,27,30)/b22-11-. The maximum atomic E-state index is 13.0. The Hall–Kier alpha value is -3.74. The Balaban J connectivity index is 1.44. The number of halogens is 1. The number of nitro benzene ring substituents is 1. The molecule has 1 N–H and O–H groups in total. The second-order valence-corrected chi connectivity index (χ2v) is 10.1. The topological polar surface area (TPSA) is 111 Å². The van der Waals surface area contributed by atoms with Crippen molar-refractivity contribution in [2.45, 2.75) is 0 Å². The zero-order valence-electron chi connectivity index (χ0n) is 19.2. The summed E-state index contributed by atoms with van der Waals surface area (Å²) in [5, 5.41) is 13.5. The summed E-state index contributed by atoms with van der Waals surface area (Å²) < 4.78 is 12.3. The van der Waals surface area contributed by atoms with Crippen molar-refractivity contribution in [3.8, 4) is 11.5 Å². The fraction of sp³-hybridized carbons (Fsp3) is 0.0800. The van der Waals surface area contributed by atoms with E-state index in [4.69, 9.17) is 21.7 Å². The van der Waals surface area contributed by atoms with Crippen molar-refractivity contribution in [2.75, 3.05) is 23.9 Å². The Labute approximate surface area is 229 Å². The minimum absolute atomic E-state index is 0.135. The van der Waals surface area contributed by atoms with Gasteiger partial charge < -0.3 is 14.8 Å². The van der Waals surface area contributed by atoms with E-state index in [9.17, 15) is 19.7 Å². The lowest BCUT2D eigenvalue weighted by Crippen LogP contribution is -2.27. The largest absolute Gasteiger partial charge is 0.493 e. The van der Waals surface area contributed by atoms with Crippen LogP contribution in [-0.4, -0.2) is 34.8 Å². The summed E-state index contributed by atoms with van der Waals surface area (Å²) in [4.78, 5) is 37.6. The minimum Gasteiger partial charge on any atom is -0.493 e. The molecule has 3 aromatic carbocycles. The maximum Gasteiger partial charge on any atom is 0.271 e. The molecule has 37 heavy (non-hydrogen) atoms. The van der Waals surface area contributed by atoms with Crippen molar-refractivity contribution in [2.24, 2.45) is 0 Å². The third kappa shape index (κ3) is 6.34. The van der Waals surface area contributed by atoms with Gasteiger partial charge in [-0.05, 0) is 48.0 Å². The molecule has 1 fully saturated rings. The Bertz CT molecular complexity index is 1450. The minimum atomic E-state index is -0.544. The van der Waals surface area contributed by atoms with Gasteiger partial charge >= 0.3 is 0 Å². The van der Waals surface area contributed by atoms with E-state index in [1.807, 2.05) is 24.3 Å². The Morgan fingerprint density at radius 2 is 1.95 bits per heavy atom. The zero-order chi connectivity index (χ0) is 26.5. The number of thioether (sulfide) groups is 1. The van der Waals surface area contributed by atoms with Crippen LogP contribution in [0.4, 0.5) is 17.1 Å². The number of carbonyl (C=O) groups excluding carboxylic acids is 2. The lowest BCUT2D eigenvalue weighted by Gasteiger charge is -2.14. The average Bonchev–Trinajstić information content (AvgIpc) is 3.15. The SMILES string of the molecule is COc1cc(/C=C2\SC(=S)N(c3cccc(Br)c3)C2=O)ccc1OCC(=O)Nc1cccc([N+](=O)[O-])c1. The normalized spacial score (nSPS) is 14.1. The summed E-state index contributed by atoms with van der Waals surface area (Å²) in [6.45, 7) is -0.344. The van der Waals surface area contributed by atoms with Gasteiger partial charge in [0.2, 0.25) is 0 Å². The molecule has 0 aromatic heterocycles. The van der Waals surface area contributed by atoms with E-state index in [-0.39, 0.29) is 23.9 Å². The van der Waals surface area contributed by atoms with E-state index in [0.717, 1.165) is 4.47 Å². The first-order valence-electron chi connectivity index (χ1n) is 10.6. The number of methoxy groups -OCH3 is 1. The molecule has 188 valence electrons. The van der Waals surface area contributed by atoms with E-state index < -0.39 is 10.8 Å². The highest BCUT2D eigenvalue weighted by Gasteiger charge is 2.33. The second kappa shape index (κ2) is 11.5. The number of nitro groups is 1. The highest BCUT2D eigenvalue weighted by Crippen LogP contribution is 2.37. The molecule has 1 aliphatic rings. The van der Waals surface area contributed by atoms with Crippen molar-refractivity contribution in [1.29, 1.82) is 0 Å². The highest BCUT2D eigenvalue weighted by atomic mass is 79.9. The summed E-state index contributed by atoms with van der Waals surface area (Å²) in [6.07, 6.45) is 1.71. The van der Waals surface area contributed by atoms with E-state index in [1.165, 1.54) is 42.0 Å². The van der Waals surface area contributed by atoms with Crippen molar-refractivity contribution >= 4 is 79.2 Å². The molecule has 0 bridgehead atoms. The molecule has 0 saturated carbocycles. The van der Waals surface area contributed by atoms with E-state index in [1.54, 1.807) is 30.3 Å². The smallest absolute Gasteiger partial charge is 0.271 e. The number of anilines is 2. The van der Waals surface area contributed by atoms with Crippen LogP contribution in [0.1, 0.15) is 5.56 Å². The Kier molecular flexibility index (Phi) is 8.21. The van der Waals surface area contributed by atoms with Crippen LogP contribution < -0.4 is 19.7 Å². The molecule has 0 radical (unpaired) electrons. The molecule has 0 aliphatic carbocycles. The first-order chi connectivity index (χ1) is 17.7. The van der Waals surface area contributed by atoms with Gasteiger partial charge in [0, 0.05) is 22.3 Å². The Morgan fingerprint density at radius 1 is 1.16 bits per heavy atom. The number of nitrogens with one attached hydrogen (secondary N) is 1. The van der Waals surface area contributed by atoms with Crippen molar-refractivity contribution in [1.82, 2.24) is 0 Å². The number of thiocarbonyl (C=S) groups is 1. The first kappa shape index (κ1) is 26.3. The lowest BCUT2D eigenvalue weighted by molar-refractivity contribution is -0.384. The Morgan fingerprint density at radius 3 is 2.68 bits per heavy atom. The summed E-state index contributed by atoms with van der Waals surface area (Å²) >= 11 is 10.0. The number of benzene rings is 3. The second-order valence-electron chi connectivity index (χ2n) is 7.55. The van der Waals surface area contributed by atoms with Crippen LogP contribution in [0, 0.1) is 10.1 Å². The third-order valence-electron chi connectivity index (χ3n) is 5.05. The quantitative estimate of drug-likeness (QED) is 0.150. The molecule has 4 rings (SSSR count). The van der Waals surface area contributed by atoms with Gasteiger partial charge in [0.1, 0.15) is 0 Å². The van der Waals surface area contributed by atoms with Gasteiger partial charge in [0.15, 0.2) is 22.4 Å². The summed E-state index contributed by atoms with van der Waals surface area (Å²) in [7, 11) is 1.46. The zero-order valence-corrected chi connectivity index (χ0v) is 22.4. The first-order valence-corrected chi connectivity index (χ1v) is 12.7. The number of carbonyl (C=O) groups is 2. The predicted molar refractivity (Wildman–Crippen MR) is 150 cm³/mol. The number of hydrogen-bond donors (Lipinski definition) is 1. The molecule has 2 amide bonds. The van der Waals surface area contributed by atoms with Crippen molar-refractivity contribution in [3.63, 3.8) is 0 Å². The monoisotopic (exact) mass is 599 g/mol. The van der Waals surface area contributed by atoms with Crippen LogP contribution in [0.5, 0.6) is 11.5 Å². The lowest BCUT2D eigenvalue weighted by atomic mass is 10.2. The van der Waals surface area contributed by atoms with Gasteiger partial charge in [-0.15, -0.1) is 0 Å². The molecule has 3 aromatic rings. The van der Waals surface area contributed by atoms with Gasteiger partial charge in [-0.2, -0.15) is 0 Å². The number of amides is 2. The van der Waals surface area contributed by atoms with Crippen LogP contribution in [0.3, 0.4) is 0 Å². The third-order valence-corrected chi connectivity index (χ3v) is 6.84. The molecule has 1 saturated heterocycles. The van der Waals surface area contributed by atoms with Gasteiger partial charge in [0.05, 0.1) is 22.6 Å². The van der Waals surface area contributed by atoms with Gasteiger partial charge in [-0.3, -0.25) is 24.6 Å². The number of rotatable bonds is 8. The number of hydrogen-bond acceptors (Lipinski definition) is 8. The van der Waals surface area contributed by atoms with E-state index in [0.29, 0.717) is 32.0 Å². The molecule has 0 unspecified atom stereocenters. The van der Waals surface area contributed by atoms with E-state index >= 15 is 0 Å². The average molecular weight is 600 g/mol. The van der Waals surface area contributed by atoms with Crippen LogP contribution in [0.2, 0.25) is 0 Å². The number of non-ortho nitro benzene ring substituents is 1. The fourth-order valence-corrected chi connectivity index (χ4v) is 5.07. The summed E-state index contributed by atoms with van der Waals surface area (Å²) in [5.74, 6) is -0.0528. The number of nitrogens with zero attached hydrogens (tertiary/aromatic N) is 2. The molecule has 12 heteroatoms. The number of ether oxygens (including phenoxy) is 2.